The van der Waals surface area contributed by atoms with E-state index in [0.29, 0.717) is 10.0 Å². The van der Waals surface area contributed by atoms with Crippen LogP contribution in [0.2, 0.25) is 10.0 Å². The molecule has 1 unspecified atom stereocenters. The molecule has 0 radical (unpaired) electrons. The number of likely N-dealkylation sites (N-methyl/N-ethyl adjacent to an activating group) is 1. The van der Waals surface area contributed by atoms with Gasteiger partial charge in [-0.3, -0.25) is 0 Å². The first-order valence-corrected chi connectivity index (χ1v) is 5.04. The first-order chi connectivity index (χ1) is 6.56. The summed E-state index contributed by atoms with van der Waals surface area (Å²) in [6.45, 7) is 0.0605. The van der Waals surface area contributed by atoms with E-state index >= 15 is 0 Å². The second kappa shape index (κ2) is 4.99. The van der Waals surface area contributed by atoms with Gasteiger partial charge < -0.3 is 10.0 Å². The predicted octanol–water partition coefficient (Wildman–Crippen LogP) is 2.59. The van der Waals surface area contributed by atoms with Gasteiger partial charge in [0.1, 0.15) is 0 Å². The zero-order valence-corrected chi connectivity index (χ0v) is 9.68. The Labute approximate surface area is 94.1 Å². The number of aliphatic hydroxyl groups is 1. The fourth-order valence-corrected chi connectivity index (χ4v) is 1.59. The zero-order valence-electron chi connectivity index (χ0n) is 8.17. The van der Waals surface area contributed by atoms with Crippen molar-refractivity contribution < 1.29 is 5.11 Å². The van der Waals surface area contributed by atoms with Crippen LogP contribution in [0.5, 0.6) is 0 Å². The van der Waals surface area contributed by atoms with Crippen molar-refractivity contribution >= 4 is 23.2 Å². The highest BCUT2D eigenvalue weighted by Crippen LogP contribution is 2.27. The van der Waals surface area contributed by atoms with E-state index in [4.69, 9.17) is 23.2 Å². The summed E-state index contributed by atoms with van der Waals surface area (Å²) >= 11 is 11.7. The molecule has 0 aliphatic heterocycles. The summed E-state index contributed by atoms with van der Waals surface area (Å²) in [5, 5.41) is 10.2. The average Bonchev–Trinajstić information content (AvgIpc) is 2.11. The van der Waals surface area contributed by atoms with Gasteiger partial charge in [0.25, 0.3) is 0 Å². The Kier molecular flexibility index (Phi) is 4.20. The molecule has 2 nitrogen and oxygen atoms in total. The van der Waals surface area contributed by atoms with Crippen molar-refractivity contribution in [2.45, 2.75) is 6.04 Å². The summed E-state index contributed by atoms with van der Waals surface area (Å²) in [5.74, 6) is 0. The van der Waals surface area contributed by atoms with Crippen molar-refractivity contribution in [1.29, 1.82) is 0 Å². The molecule has 0 aliphatic rings. The summed E-state index contributed by atoms with van der Waals surface area (Å²) in [4.78, 5) is 1.93. The van der Waals surface area contributed by atoms with Gasteiger partial charge in [0.2, 0.25) is 0 Å². The van der Waals surface area contributed by atoms with Gasteiger partial charge >= 0.3 is 0 Å². The maximum absolute atomic E-state index is 9.19. The zero-order chi connectivity index (χ0) is 10.7. The van der Waals surface area contributed by atoms with E-state index in [-0.39, 0.29) is 12.6 Å². The van der Waals surface area contributed by atoms with E-state index in [9.17, 15) is 5.11 Å². The van der Waals surface area contributed by atoms with Gasteiger partial charge in [-0.1, -0.05) is 29.3 Å². The first-order valence-electron chi connectivity index (χ1n) is 4.28. The third kappa shape index (κ3) is 2.61. The smallest absolute Gasteiger partial charge is 0.0628 e. The fraction of sp³-hybridized carbons (Fsp3) is 0.400. The number of aliphatic hydroxyl groups excluding tert-OH is 1. The van der Waals surface area contributed by atoms with E-state index in [1.165, 1.54) is 0 Å². The summed E-state index contributed by atoms with van der Waals surface area (Å²) in [6, 6.07) is 5.36. The van der Waals surface area contributed by atoms with Gasteiger partial charge in [0.15, 0.2) is 0 Å². The molecule has 0 spiro atoms. The van der Waals surface area contributed by atoms with E-state index in [1.54, 1.807) is 12.1 Å². The molecule has 0 bridgehead atoms. The van der Waals surface area contributed by atoms with Crippen LogP contribution in [0.1, 0.15) is 11.6 Å². The Morgan fingerprint density at radius 3 is 2.36 bits per heavy atom. The summed E-state index contributed by atoms with van der Waals surface area (Å²) < 4.78 is 0. The van der Waals surface area contributed by atoms with Crippen molar-refractivity contribution in [2.75, 3.05) is 20.7 Å². The molecule has 0 aromatic heterocycles. The lowest BCUT2D eigenvalue weighted by Crippen LogP contribution is -2.22. The first kappa shape index (κ1) is 11.8. The van der Waals surface area contributed by atoms with Gasteiger partial charge in [-0.05, 0) is 31.8 Å². The fourth-order valence-electron chi connectivity index (χ4n) is 1.29. The van der Waals surface area contributed by atoms with E-state index in [1.807, 2.05) is 25.1 Å². The van der Waals surface area contributed by atoms with Crippen LogP contribution in [0.15, 0.2) is 18.2 Å². The third-order valence-corrected chi connectivity index (χ3v) is 2.86. The topological polar surface area (TPSA) is 23.5 Å². The maximum atomic E-state index is 9.19. The van der Waals surface area contributed by atoms with Crippen LogP contribution in [0.4, 0.5) is 0 Å². The molecule has 1 aromatic rings. The van der Waals surface area contributed by atoms with Crippen LogP contribution in [-0.2, 0) is 0 Å². The minimum Gasteiger partial charge on any atom is -0.394 e. The minimum absolute atomic E-state index is 0.0373. The molecule has 1 N–H and O–H groups in total. The molecule has 14 heavy (non-hydrogen) atoms. The SMILES string of the molecule is CN(C)C(CO)c1ccc(Cl)c(Cl)c1. The lowest BCUT2D eigenvalue weighted by Gasteiger charge is -2.22. The number of rotatable bonds is 3. The molecule has 0 aliphatic carbocycles. The van der Waals surface area contributed by atoms with Gasteiger partial charge in [0, 0.05) is 0 Å². The molecule has 0 heterocycles. The molecular formula is C10H13Cl2NO. The van der Waals surface area contributed by atoms with E-state index < -0.39 is 0 Å². The maximum Gasteiger partial charge on any atom is 0.0628 e. The van der Waals surface area contributed by atoms with Gasteiger partial charge in [-0.25, -0.2) is 0 Å². The van der Waals surface area contributed by atoms with Crippen molar-refractivity contribution in [3.05, 3.63) is 33.8 Å². The molecule has 0 saturated carbocycles. The standard InChI is InChI=1S/C10H13Cl2NO/c1-13(2)10(6-14)7-3-4-8(11)9(12)5-7/h3-5,10,14H,6H2,1-2H3. The van der Waals surface area contributed by atoms with Crippen LogP contribution in [0.25, 0.3) is 0 Å². The molecule has 0 saturated heterocycles. The van der Waals surface area contributed by atoms with Crippen molar-refractivity contribution in [1.82, 2.24) is 4.90 Å². The van der Waals surface area contributed by atoms with Crippen molar-refractivity contribution in [2.24, 2.45) is 0 Å². The summed E-state index contributed by atoms with van der Waals surface area (Å²) in [5.41, 5.74) is 0.965. The quantitative estimate of drug-likeness (QED) is 0.868. The second-order valence-corrected chi connectivity index (χ2v) is 4.15. The minimum atomic E-state index is -0.0373. The van der Waals surface area contributed by atoms with Crippen molar-refractivity contribution in [3.63, 3.8) is 0 Å². The largest absolute Gasteiger partial charge is 0.394 e. The van der Waals surface area contributed by atoms with Crippen LogP contribution in [0, 0.1) is 0 Å². The van der Waals surface area contributed by atoms with Gasteiger partial charge in [0.05, 0.1) is 22.7 Å². The van der Waals surface area contributed by atoms with Crippen LogP contribution in [-0.4, -0.2) is 30.7 Å². The summed E-state index contributed by atoms with van der Waals surface area (Å²) in [6.07, 6.45) is 0. The van der Waals surface area contributed by atoms with Crippen LogP contribution in [0.3, 0.4) is 0 Å². The highest BCUT2D eigenvalue weighted by atomic mass is 35.5. The Hall–Kier alpha value is -0.280. The molecule has 1 rings (SSSR count). The van der Waals surface area contributed by atoms with Gasteiger partial charge in [-0.2, -0.15) is 0 Å². The van der Waals surface area contributed by atoms with Crippen LogP contribution >= 0.6 is 23.2 Å². The third-order valence-electron chi connectivity index (χ3n) is 2.12. The van der Waals surface area contributed by atoms with E-state index in [2.05, 4.69) is 0 Å². The molecule has 1 atom stereocenters. The molecule has 4 heteroatoms. The lowest BCUT2D eigenvalue weighted by atomic mass is 10.1. The predicted molar refractivity (Wildman–Crippen MR) is 60.0 cm³/mol. The molecule has 1 aromatic carbocycles. The number of hydrogen-bond donors (Lipinski definition) is 1. The number of nitrogens with zero attached hydrogens (tertiary/aromatic N) is 1. The normalized spacial score (nSPS) is 13.3. The van der Waals surface area contributed by atoms with E-state index in [0.717, 1.165) is 5.56 Å². The Morgan fingerprint density at radius 2 is 1.93 bits per heavy atom. The molecule has 0 fully saturated rings. The lowest BCUT2D eigenvalue weighted by molar-refractivity contribution is 0.171. The average molecular weight is 234 g/mol. The Balaban J connectivity index is 3.00. The summed E-state index contributed by atoms with van der Waals surface area (Å²) in [7, 11) is 3.81. The second-order valence-electron chi connectivity index (χ2n) is 3.34. The van der Waals surface area contributed by atoms with Crippen LogP contribution < -0.4 is 0 Å². The Morgan fingerprint density at radius 1 is 1.29 bits per heavy atom. The monoisotopic (exact) mass is 233 g/mol. The highest BCUT2D eigenvalue weighted by molar-refractivity contribution is 6.42. The van der Waals surface area contributed by atoms with Gasteiger partial charge in [-0.15, -0.1) is 0 Å². The molecule has 0 amide bonds. The molecular weight excluding hydrogens is 221 g/mol. The van der Waals surface area contributed by atoms with Crippen molar-refractivity contribution in [3.8, 4) is 0 Å². The molecule has 78 valence electrons. The highest BCUT2D eigenvalue weighted by Gasteiger charge is 2.13. The number of hydrogen-bond acceptors (Lipinski definition) is 2. The number of halogens is 2. The number of benzene rings is 1. The Bertz CT molecular complexity index is 315.